The first-order chi connectivity index (χ1) is 8.49. The van der Waals surface area contributed by atoms with Gasteiger partial charge in [-0.2, -0.15) is 4.98 Å². The summed E-state index contributed by atoms with van der Waals surface area (Å²) >= 11 is 0. The van der Waals surface area contributed by atoms with E-state index in [0.29, 0.717) is 18.9 Å². The number of carbonyl (C=O) groups is 1. The molecule has 0 radical (unpaired) electrons. The van der Waals surface area contributed by atoms with E-state index >= 15 is 0 Å². The third kappa shape index (κ3) is 4.99. The van der Waals surface area contributed by atoms with Crippen molar-refractivity contribution in [3.8, 4) is 0 Å². The summed E-state index contributed by atoms with van der Waals surface area (Å²) < 4.78 is 0. The molecule has 1 aromatic heterocycles. The summed E-state index contributed by atoms with van der Waals surface area (Å²) in [5.41, 5.74) is 0. The Balaban J connectivity index is 2.39. The fourth-order valence-electron chi connectivity index (χ4n) is 1.36. The normalized spacial score (nSPS) is 10.3. The van der Waals surface area contributed by atoms with Gasteiger partial charge in [-0.05, 0) is 19.9 Å². The highest BCUT2D eigenvalue weighted by molar-refractivity contribution is 5.76. The van der Waals surface area contributed by atoms with Gasteiger partial charge in [-0.3, -0.25) is 4.79 Å². The van der Waals surface area contributed by atoms with Gasteiger partial charge in [0.2, 0.25) is 11.9 Å². The number of carbonyl (C=O) groups excluding carboxylic acids is 1. The van der Waals surface area contributed by atoms with Crippen LogP contribution >= 0.6 is 0 Å². The van der Waals surface area contributed by atoms with Crippen molar-refractivity contribution in [2.45, 2.75) is 26.3 Å². The fraction of sp³-hybridized carbons (Fsp3) is 0.583. The molecule has 0 aliphatic heterocycles. The number of nitrogens with zero attached hydrogens (tertiary/aromatic N) is 3. The maximum atomic E-state index is 11.4. The minimum atomic E-state index is 0.0411. The van der Waals surface area contributed by atoms with Gasteiger partial charge in [0, 0.05) is 39.3 Å². The predicted octanol–water partition coefficient (Wildman–Crippen LogP) is 0.869. The second kappa shape index (κ2) is 6.78. The van der Waals surface area contributed by atoms with Crippen LogP contribution in [0.25, 0.3) is 0 Å². The van der Waals surface area contributed by atoms with Crippen molar-refractivity contribution in [3.05, 3.63) is 12.3 Å². The zero-order chi connectivity index (χ0) is 13.5. The maximum Gasteiger partial charge on any atom is 0.226 e. The highest BCUT2D eigenvalue weighted by atomic mass is 16.1. The molecule has 0 bridgehead atoms. The van der Waals surface area contributed by atoms with E-state index in [1.165, 1.54) is 0 Å². The van der Waals surface area contributed by atoms with Crippen LogP contribution in [0.2, 0.25) is 0 Å². The number of hydrogen-bond acceptors (Lipinski definition) is 5. The molecule has 1 amide bonds. The van der Waals surface area contributed by atoms with Crippen LogP contribution < -0.4 is 15.5 Å². The first-order valence-electron chi connectivity index (χ1n) is 6.02. The Labute approximate surface area is 108 Å². The summed E-state index contributed by atoms with van der Waals surface area (Å²) in [6, 6.07) is 1.96. The SMILES string of the molecule is CC(C)NC(=O)CCNc1ccnc(N(C)C)n1. The minimum Gasteiger partial charge on any atom is -0.369 e. The van der Waals surface area contributed by atoms with Gasteiger partial charge in [-0.25, -0.2) is 4.98 Å². The van der Waals surface area contributed by atoms with Crippen LogP contribution in [0.1, 0.15) is 20.3 Å². The molecule has 1 heterocycles. The van der Waals surface area contributed by atoms with Crippen molar-refractivity contribution < 1.29 is 4.79 Å². The summed E-state index contributed by atoms with van der Waals surface area (Å²) in [4.78, 5) is 21.7. The molecule has 0 saturated heterocycles. The van der Waals surface area contributed by atoms with E-state index in [9.17, 15) is 4.79 Å². The van der Waals surface area contributed by atoms with Gasteiger partial charge in [0.15, 0.2) is 0 Å². The van der Waals surface area contributed by atoms with E-state index in [2.05, 4.69) is 20.6 Å². The smallest absolute Gasteiger partial charge is 0.226 e. The highest BCUT2D eigenvalue weighted by Crippen LogP contribution is 2.07. The molecule has 0 atom stereocenters. The average Bonchev–Trinajstić information content (AvgIpc) is 2.28. The van der Waals surface area contributed by atoms with Crippen LogP contribution in [-0.2, 0) is 4.79 Å². The summed E-state index contributed by atoms with van der Waals surface area (Å²) in [6.07, 6.45) is 2.12. The van der Waals surface area contributed by atoms with E-state index in [4.69, 9.17) is 0 Å². The van der Waals surface area contributed by atoms with Gasteiger partial charge in [-0.15, -0.1) is 0 Å². The summed E-state index contributed by atoms with van der Waals surface area (Å²) in [5.74, 6) is 1.41. The molecule has 6 nitrogen and oxygen atoms in total. The molecule has 0 unspecified atom stereocenters. The monoisotopic (exact) mass is 251 g/mol. The number of anilines is 2. The van der Waals surface area contributed by atoms with Crippen molar-refractivity contribution in [1.82, 2.24) is 15.3 Å². The van der Waals surface area contributed by atoms with Crippen molar-refractivity contribution in [2.75, 3.05) is 30.9 Å². The van der Waals surface area contributed by atoms with E-state index in [1.807, 2.05) is 32.8 Å². The molecule has 18 heavy (non-hydrogen) atoms. The largest absolute Gasteiger partial charge is 0.369 e. The Bertz CT molecular complexity index is 392. The third-order valence-corrected chi connectivity index (χ3v) is 2.15. The van der Waals surface area contributed by atoms with Crippen LogP contribution in [0.5, 0.6) is 0 Å². The van der Waals surface area contributed by atoms with Crippen molar-refractivity contribution in [2.24, 2.45) is 0 Å². The second-order valence-electron chi connectivity index (χ2n) is 4.54. The number of rotatable bonds is 6. The van der Waals surface area contributed by atoms with E-state index in [-0.39, 0.29) is 11.9 Å². The lowest BCUT2D eigenvalue weighted by atomic mass is 10.3. The van der Waals surface area contributed by atoms with Crippen LogP contribution in [-0.4, -0.2) is 42.6 Å². The second-order valence-corrected chi connectivity index (χ2v) is 4.54. The van der Waals surface area contributed by atoms with Gasteiger partial charge >= 0.3 is 0 Å². The molecule has 0 fully saturated rings. The molecule has 1 aromatic rings. The number of nitrogens with one attached hydrogen (secondary N) is 2. The Kier molecular flexibility index (Phi) is 5.35. The van der Waals surface area contributed by atoms with Crippen LogP contribution in [0.3, 0.4) is 0 Å². The number of hydrogen-bond donors (Lipinski definition) is 2. The zero-order valence-corrected chi connectivity index (χ0v) is 11.4. The lowest BCUT2D eigenvalue weighted by molar-refractivity contribution is -0.121. The number of amides is 1. The van der Waals surface area contributed by atoms with Crippen LogP contribution in [0.15, 0.2) is 12.3 Å². The van der Waals surface area contributed by atoms with Crippen molar-refractivity contribution in [3.63, 3.8) is 0 Å². The topological polar surface area (TPSA) is 70.2 Å². The standard InChI is InChI=1S/C12H21N5O/c1-9(2)15-11(18)6-8-13-10-5-7-14-12(16-10)17(3)4/h5,7,9H,6,8H2,1-4H3,(H,15,18)(H,13,14,16). The molecule has 0 aliphatic rings. The maximum absolute atomic E-state index is 11.4. The molecule has 100 valence electrons. The molecule has 2 N–H and O–H groups in total. The Morgan fingerprint density at radius 3 is 2.78 bits per heavy atom. The predicted molar refractivity (Wildman–Crippen MR) is 72.7 cm³/mol. The first kappa shape index (κ1) is 14.2. The van der Waals surface area contributed by atoms with Crippen molar-refractivity contribution in [1.29, 1.82) is 0 Å². The summed E-state index contributed by atoms with van der Waals surface area (Å²) in [7, 11) is 3.77. The van der Waals surface area contributed by atoms with Gasteiger partial charge in [-0.1, -0.05) is 0 Å². The Morgan fingerprint density at radius 1 is 1.44 bits per heavy atom. The summed E-state index contributed by atoms with van der Waals surface area (Å²) in [6.45, 7) is 4.45. The fourth-order valence-corrected chi connectivity index (χ4v) is 1.36. The molecule has 6 heteroatoms. The molecular formula is C12H21N5O. The van der Waals surface area contributed by atoms with E-state index < -0.39 is 0 Å². The molecule has 0 aliphatic carbocycles. The van der Waals surface area contributed by atoms with Gasteiger partial charge in [0.1, 0.15) is 5.82 Å². The third-order valence-electron chi connectivity index (χ3n) is 2.15. The molecular weight excluding hydrogens is 230 g/mol. The van der Waals surface area contributed by atoms with Crippen molar-refractivity contribution >= 4 is 17.7 Å². The lowest BCUT2D eigenvalue weighted by Crippen LogP contribution is -2.31. The molecule has 0 aromatic carbocycles. The first-order valence-corrected chi connectivity index (χ1v) is 6.02. The van der Waals surface area contributed by atoms with Gasteiger partial charge in [0.25, 0.3) is 0 Å². The van der Waals surface area contributed by atoms with Crippen LogP contribution in [0, 0.1) is 0 Å². The Hall–Kier alpha value is -1.85. The molecule has 1 rings (SSSR count). The van der Waals surface area contributed by atoms with Gasteiger partial charge < -0.3 is 15.5 Å². The zero-order valence-electron chi connectivity index (χ0n) is 11.4. The van der Waals surface area contributed by atoms with E-state index in [0.717, 1.165) is 5.82 Å². The van der Waals surface area contributed by atoms with E-state index in [1.54, 1.807) is 12.3 Å². The quantitative estimate of drug-likeness (QED) is 0.785. The number of aromatic nitrogens is 2. The lowest BCUT2D eigenvalue weighted by Gasteiger charge is -2.12. The van der Waals surface area contributed by atoms with Crippen LogP contribution in [0.4, 0.5) is 11.8 Å². The molecule has 0 saturated carbocycles. The molecule has 0 spiro atoms. The summed E-state index contributed by atoms with van der Waals surface area (Å²) in [5, 5.41) is 5.94. The Morgan fingerprint density at radius 2 is 2.17 bits per heavy atom. The minimum absolute atomic E-state index is 0.0411. The van der Waals surface area contributed by atoms with Gasteiger partial charge in [0.05, 0.1) is 0 Å². The average molecular weight is 251 g/mol. The highest BCUT2D eigenvalue weighted by Gasteiger charge is 2.04.